The first-order valence-electron chi connectivity index (χ1n) is 20.4. The van der Waals surface area contributed by atoms with Crippen molar-refractivity contribution in [2.75, 3.05) is 33.4 Å². The smallest absolute Gasteiger partial charge is 0.272 e. The van der Waals surface area contributed by atoms with Gasteiger partial charge in [0.15, 0.2) is 0 Å². The van der Waals surface area contributed by atoms with Gasteiger partial charge in [-0.05, 0) is 60.5 Å². The maximum atomic E-state index is 13.4. The molecule has 2 fully saturated rings. The lowest BCUT2D eigenvalue weighted by Crippen LogP contribution is -2.52. The van der Waals surface area contributed by atoms with Crippen LogP contribution in [0.5, 0.6) is 0 Å². The zero-order chi connectivity index (χ0) is 41.5. The number of fused-ring (bicyclic) bond motifs is 3. The molecule has 0 aliphatic carbocycles. The van der Waals surface area contributed by atoms with Gasteiger partial charge in [0.25, 0.3) is 11.8 Å². The summed E-state index contributed by atoms with van der Waals surface area (Å²) in [6.07, 6.45) is 6.26. The van der Waals surface area contributed by atoms with E-state index < -0.39 is 11.9 Å². The van der Waals surface area contributed by atoms with E-state index in [1.807, 2.05) is 35.4 Å². The van der Waals surface area contributed by atoms with Gasteiger partial charge in [-0.2, -0.15) is 0 Å². The van der Waals surface area contributed by atoms with E-state index in [9.17, 15) is 24.0 Å². The number of carbonyl (C=O) groups is 5. The van der Waals surface area contributed by atoms with Crippen molar-refractivity contribution in [1.29, 1.82) is 0 Å². The highest BCUT2D eigenvalue weighted by Gasteiger charge is 2.40. The largest absolute Gasteiger partial charge is 0.381 e. The van der Waals surface area contributed by atoms with E-state index in [4.69, 9.17) is 14.7 Å². The highest BCUT2D eigenvalue weighted by molar-refractivity contribution is 6.05. The summed E-state index contributed by atoms with van der Waals surface area (Å²) in [4.78, 5) is 82.7. The molecule has 5 amide bonds. The minimum atomic E-state index is -0.694. The van der Waals surface area contributed by atoms with Crippen LogP contribution in [0.4, 0.5) is 0 Å². The first kappa shape index (κ1) is 38.8. The zero-order valence-corrected chi connectivity index (χ0v) is 33.6. The topological polar surface area (TPSA) is 160 Å². The fourth-order valence-corrected chi connectivity index (χ4v) is 8.74. The number of hydrogen-bond donors (Lipinski definition) is 1. The Labute approximate surface area is 346 Å². The molecular weight excluding hydrogens is 761 g/mol. The average molecular weight is 805 g/mol. The standard InChI is InChI=1S/C46H44N8O6/c1-28(55)52-19-20-53-40(27-52)42(50-43(53)30-16-21-60-22-17-30)33-10-6-9-31-23-38(48-25-35(31)33)32-12-13-37(47-24-32)46(59)51(2)18-4-3-7-29-8-5-11-34-36(29)26-54(45(34)58)39-14-15-41(56)49-44(39)57/h5-6,8-13,23-25,30,39H,4,14-22,26-27H2,1-2H3,(H,49,56,57). The van der Waals surface area contributed by atoms with Gasteiger partial charge in [-0.25, -0.2) is 4.98 Å². The summed E-state index contributed by atoms with van der Waals surface area (Å²) in [5.74, 6) is 6.47. The van der Waals surface area contributed by atoms with E-state index >= 15 is 0 Å². The number of hydrogen-bond acceptors (Lipinski definition) is 9. The minimum Gasteiger partial charge on any atom is -0.381 e. The summed E-state index contributed by atoms with van der Waals surface area (Å²) in [7, 11) is 1.71. The third-order valence-corrected chi connectivity index (χ3v) is 12.1. The Balaban J connectivity index is 0.873. The Morgan fingerprint density at radius 3 is 2.55 bits per heavy atom. The Morgan fingerprint density at radius 2 is 1.77 bits per heavy atom. The van der Waals surface area contributed by atoms with Crippen molar-refractivity contribution in [3.8, 4) is 34.4 Å². The monoisotopic (exact) mass is 804 g/mol. The van der Waals surface area contributed by atoms with Crippen molar-refractivity contribution < 1.29 is 28.7 Å². The third kappa shape index (κ3) is 7.30. The van der Waals surface area contributed by atoms with Gasteiger partial charge >= 0.3 is 0 Å². The van der Waals surface area contributed by atoms with Crippen molar-refractivity contribution in [2.24, 2.45) is 0 Å². The molecule has 2 aromatic carbocycles. The molecule has 1 atom stereocenters. The van der Waals surface area contributed by atoms with E-state index in [1.54, 1.807) is 43.3 Å². The number of nitrogens with zero attached hydrogens (tertiary/aromatic N) is 7. The summed E-state index contributed by atoms with van der Waals surface area (Å²) < 4.78 is 7.98. The highest BCUT2D eigenvalue weighted by atomic mass is 16.5. The number of benzene rings is 2. The number of ether oxygens (including phenoxy) is 1. The molecule has 0 bridgehead atoms. The fraction of sp³-hybridized carbons (Fsp3) is 0.348. The molecule has 60 heavy (non-hydrogen) atoms. The van der Waals surface area contributed by atoms with Crippen LogP contribution < -0.4 is 5.32 Å². The molecule has 4 aliphatic rings. The number of rotatable bonds is 7. The van der Waals surface area contributed by atoms with Gasteiger partial charge in [-0.15, -0.1) is 0 Å². The molecule has 14 nitrogen and oxygen atoms in total. The first-order chi connectivity index (χ1) is 29.1. The van der Waals surface area contributed by atoms with Gasteiger partial charge in [-0.3, -0.25) is 39.3 Å². The molecule has 0 radical (unpaired) electrons. The predicted molar refractivity (Wildman–Crippen MR) is 221 cm³/mol. The van der Waals surface area contributed by atoms with Crippen LogP contribution in [0, 0.1) is 11.8 Å². The quantitative estimate of drug-likeness (QED) is 0.182. The fourth-order valence-electron chi connectivity index (χ4n) is 8.74. The Kier molecular flexibility index (Phi) is 10.4. The molecule has 4 aliphatic heterocycles. The van der Waals surface area contributed by atoms with Crippen molar-refractivity contribution in [1.82, 2.24) is 39.5 Å². The minimum absolute atomic E-state index is 0.0541. The second-order valence-electron chi connectivity index (χ2n) is 15.8. The van der Waals surface area contributed by atoms with Crippen LogP contribution in [0.2, 0.25) is 0 Å². The number of aromatic nitrogens is 4. The number of imide groups is 1. The van der Waals surface area contributed by atoms with E-state index in [2.05, 4.69) is 38.8 Å². The van der Waals surface area contributed by atoms with Crippen molar-refractivity contribution >= 4 is 40.3 Å². The van der Waals surface area contributed by atoms with Crippen LogP contribution in [0.25, 0.3) is 33.3 Å². The van der Waals surface area contributed by atoms with E-state index in [0.717, 1.165) is 76.4 Å². The van der Waals surface area contributed by atoms with Crippen LogP contribution >= 0.6 is 0 Å². The lowest BCUT2D eigenvalue weighted by molar-refractivity contribution is -0.137. The highest BCUT2D eigenvalue weighted by Crippen LogP contribution is 2.38. The molecule has 1 unspecified atom stereocenters. The Bertz CT molecular complexity index is 2640. The summed E-state index contributed by atoms with van der Waals surface area (Å²) in [5, 5.41) is 4.28. The molecule has 14 heteroatoms. The number of amides is 5. The van der Waals surface area contributed by atoms with Crippen LogP contribution in [0.3, 0.4) is 0 Å². The first-order valence-corrected chi connectivity index (χ1v) is 20.4. The zero-order valence-electron chi connectivity index (χ0n) is 33.6. The molecule has 3 aromatic heterocycles. The van der Waals surface area contributed by atoms with Crippen molar-refractivity contribution in [3.05, 3.63) is 101 Å². The molecule has 5 aromatic rings. The molecule has 7 heterocycles. The number of carbonyl (C=O) groups excluding carboxylic acids is 5. The van der Waals surface area contributed by atoms with Crippen LogP contribution in [-0.2, 0) is 38.8 Å². The second-order valence-corrected chi connectivity index (χ2v) is 15.8. The van der Waals surface area contributed by atoms with Crippen LogP contribution in [0.1, 0.15) is 88.4 Å². The van der Waals surface area contributed by atoms with Gasteiger partial charge < -0.3 is 24.0 Å². The van der Waals surface area contributed by atoms with Gasteiger partial charge in [0.05, 0.1) is 23.6 Å². The molecule has 2 saturated heterocycles. The second kappa shape index (κ2) is 16.1. The maximum Gasteiger partial charge on any atom is 0.272 e. The van der Waals surface area contributed by atoms with Gasteiger partial charge in [0.1, 0.15) is 17.6 Å². The van der Waals surface area contributed by atoms with Gasteiger partial charge in [0.2, 0.25) is 17.7 Å². The summed E-state index contributed by atoms with van der Waals surface area (Å²) in [6.45, 7) is 5.56. The van der Waals surface area contributed by atoms with E-state index in [1.165, 1.54) is 4.90 Å². The summed E-state index contributed by atoms with van der Waals surface area (Å²) in [5.41, 5.74) is 6.67. The number of nitrogens with one attached hydrogen (secondary N) is 1. The molecular formula is C46H44N8O6. The molecule has 9 rings (SSSR count). The van der Waals surface area contributed by atoms with E-state index in [0.29, 0.717) is 61.8 Å². The van der Waals surface area contributed by atoms with Crippen LogP contribution in [0.15, 0.2) is 67.0 Å². The van der Waals surface area contributed by atoms with Gasteiger partial charge in [0, 0.05) is 112 Å². The molecule has 1 N–H and O–H groups in total. The SMILES string of the molecule is CC(=O)N1CCn2c(C3CCOCC3)nc(-c3cccc4cc(-c5ccc(C(=O)N(C)CCC#Cc6cccc7c6CN(C6CCC(=O)NC6=O)C7=O)nc5)ncc34)c2C1. The number of piperidine rings is 1. The van der Waals surface area contributed by atoms with Gasteiger partial charge in [-0.1, -0.05) is 36.1 Å². The normalized spacial score (nSPS) is 17.8. The lowest BCUT2D eigenvalue weighted by atomic mass is 9.99. The molecule has 304 valence electrons. The Hall–Kier alpha value is -6.72. The number of pyridine rings is 2. The van der Waals surface area contributed by atoms with E-state index in [-0.39, 0.29) is 36.6 Å². The maximum absolute atomic E-state index is 13.4. The molecule has 0 spiro atoms. The average Bonchev–Trinajstić information content (AvgIpc) is 3.82. The lowest BCUT2D eigenvalue weighted by Gasteiger charge is -2.30. The summed E-state index contributed by atoms with van der Waals surface area (Å²) in [6, 6.07) is 16.4. The van der Waals surface area contributed by atoms with Crippen molar-refractivity contribution in [2.45, 2.75) is 70.6 Å². The Morgan fingerprint density at radius 1 is 0.950 bits per heavy atom. The third-order valence-electron chi connectivity index (χ3n) is 12.1. The van der Waals surface area contributed by atoms with Crippen molar-refractivity contribution in [3.63, 3.8) is 0 Å². The number of imidazole rings is 1. The summed E-state index contributed by atoms with van der Waals surface area (Å²) >= 11 is 0. The van der Waals surface area contributed by atoms with Crippen LogP contribution in [-0.4, -0.2) is 103 Å². The molecule has 0 saturated carbocycles. The predicted octanol–water partition coefficient (Wildman–Crippen LogP) is 4.69.